The number of benzene rings is 1. The zero-order valence-corrected chi connectivity index (χ0v) is 11.7. The minimum Gasteiger partial charge on any atom is -0.381 e. The van der Waals surface area contributed by atoms with E-state index in [2.05, 4.69) is 12.2 Å². The molecule has 1 aliphatic heterocycles. The van der Waals surface area contributed by atoms with Crippen LogP contribution in [-0.4, -0.2) is 25.8 Å². The van der Waals surface area contributed by atoms with Crippen molar-refractivity contribution in [3.63, 3.8) is 0 Å². The topological polar surface area (TPSA) is 21.3 Å². The minimum atomic E-state index is -0.161. The summed E-state index contributed by atoms with van der Waals surface area (Å²) in [6.45, 7) is 5.02. The predicted octanol–water partition coefficient (Wildman–Crippen LogP) is 3.16. The molecule has 0 bridgehead atoms. The zero-order valence-electron chi connectivity index (χ0n) is 11.7. The van der Waals surface area contributed by atoms with E-state index in [1.54, 1.807) is 12.1 Å². The molecule has 1 aromatic rings. The standard InChI is InChI=1S/C16H24FNO/c1-2-8-18-16(11-14-7-9-19-12-14)10-13-3-5-15(17)6-4-13/h3-6,14,16,18H,2,7-12H2,1H3. The van der Waals surface area contributed by atoms with E-state index in [0.29, 0.717) is 12.0 Å². The fraction of sp³-hybridized carbons (Fsp3) is 0.625. The average molecular weight is 265 g/mol. The van der Waals surface area contributed by atoms with Gasteiger partial charge in [-0.1, -0.05) is 19.1 Å². The fourth-order valence-electron chi connectivity index (χ4n) is 2.66. The van der Waals surface area contributed by atoms with Gasteiger partial charge in [0.2, 0.25) is 0 Å². The Balaban J connectivity index is 1.89. The van der Waals surface area contributed by atoms with Crippen LogP contribution in [0.5, 0.6) is 0 Å². The van der Waals surface area contributed by atoms with Gasteiger partial charge in [0.15, 0.2) is 0 Å². The Labute approximate surface area is 115 Å². The second kappa shape index (κ2) is 7.61. The van der Waals surface area contributed by atoms with Crippen molar-refractivity contribution in [1.82, 2.24) is 5.32 Å². The van der Waals surface area contributed by atoms with Gasteiger partial charge in [-0.05, 0) is 55.8 Å². The second-order valence-electron chi connectivity index (χ2n) is 5.45. The molecule has 1 saturated heterocycles. The van der Waals surface area contributed by atoms with Crippen molar-refractivity contribution in [3.05, 3.63) is 35.6 Å². The lowest BCUT2D eigenvalue weighted by molar-refractivity contribution is 0.181. The maximum Gasteiger partial charge on any atom is 0.123 e. The van der Waals surface area contributed by atoms with Gasteiger partial charge in [0.1, 0.15) is 5.82 Å². The molecule has 2 atom stereocenters. The van der Waals surface area contributed by atoms with Crippen LogP contribution < -0.4 is 5.32 Å². The highest BCUT2D eigenvalue weighted by Crippen LogP contribution is 2.20. The summed E-state index contributed by atoms with van der Waals surface area (Å²) in [5, 5.41) is 3.61. The monoisotopic (exact) mass is 265 g/mol. The number of halogens is 1. The first-order valence-corrected chi connectivity index (χ1v) is 7.33. The van der Waals surface area contributed by atoms with Crippen molar-refractivity contribution >= 4 is 0 Å². The number of hydrogen-bond acceptors (Lipinski definition) is 2. The van der Waals surface area contributed by atoms with Crippen LogP contribution in [0, 0.1) is 11.7 Å². The summed E-state index contributed by atoms with van der Waals surface area (Å²) in [6.07, 6.45) is 4.43. The predicted molar refractivity (Wildman–Crippen MR) is 75.7 cm³/mol. The molecule has 1 aromatic carbocycles. The molecule has 19 heavy (non-hydrogen) atoms. The molecule has 2 rings (SSSR count). The average Bonchev–Trinajstić information content (AvgIpc) is 2.91. The van der Waals surface area contributed by atoms with Crippen molar-refractivity contribution in [3.8, 4) is 0 Å². The third kappa shape index (κ3) is 4.92. The SMILES string of the molecule is CCCNC(Cc1ccc(F)cc1)CC1CCOC1. The molecule has 0 amide bonds. The van der Waals surface area contributed by atoms with E-state index in [4.69, 9.17) is 4.74 Å². The van der Waals surface area contributed by atoms with Crippen LogP contribution in [-0.2, 0) is 11.2 Å². The van der Waals surface area contributed by atoms with Crippen LogP contribution in [0.2, 0.25) is 0 Å². The van der Waals surface area contributed by atoms with Gasteiger partial charge < -0.3 is 10.1 Å². The molecular formula is C16H24FNO. The molecule has 0 aromatic heterocycles. The third-order valence-corrected chi connectivity index (χ3v) is 3.72. The molecule has 2 unspecified atom stereocenters. The van der Waals surface area contributed by atoms with Gasteiger partial charge in [0.05, 0.1) is 0 Å². The van der Waals surface area contributed by atoms with Crippen molar-refractivity contribution < 1.29 is 9.13 Å². The van der Waals surface area contributed by atoms with Gasteiger partial charge in [-0.15, -0.1) is 0 Å². The summed E-state index contributed by atoms with van der Waals surface area (Å²) in [6, 6.07) is 7.34. The lowest BCUT2D eigenvalue weighted by Gasteiger charge is -2.21. The van der Waals surface area contributed by atoms with E-state index in [1.165, 1.54) is 12.0 Å². The van der Waals surface area contributed by atoms with Crippen LogP contribution in [0.15, 0.2) is 24.3 Å². The van der Waals surface area contributed by atoms with E-state index in [0.717, 1.165) is 39.0 Å². The molecule has 2 nitrogen and oxygen atoms in total. The highest BCUT2D eigenvalue weighted by molar-refractivity contribution is 5.17. The first-order valence-electron chi connectivity index (χ1n) is 7.33. The first kappa shape index (κ1) is 14.5. The number of ether oxygens (including phenoxy) is 1. The van der Waals surface area contributed by atoms with Crippen molar-refractivity contribution in [2.24, 2.45) is 5.92 Å². The van der Waals surface area contributed by atoms with E-state index in [9.17, 15) is 4.39 Å². The van der Waals surface area contributed by atoms with E-state index in [1.807, 2.05) is 12.1 Å². The van der Waals surface area contributed by atoms with E-state index < -0.39 is 0 Å². The Morgan fingerprint density at radius 2 is 2.16 bits per heavy atom. The van der Waals surface area contributed by atoms with Gasteiger partial charge in [0.25, 0.3) is 0 Å². The molecule has 3 heteroatoms. The Bertz CT molecular complexity index is 360. The molecule has 1 fully saturated rings. The number of hydrogen-bond donors (Lipinski definition) is 1. The molecule has 0 spiro atoms. The molecule has 0 saturated carbocycles. The largest absolute Gasteiger partial charge is 0.381 e. The van der Waals surface area contributed by atoms with Crippen LogP contribution in [0.1, 0.15) is 31.7 Å². The van der Waals surface area contributed by atoms with E-state index in [-0.39, 0.29) is 5.82 Å². The molecule has 1 N–H and O–H groups in total. The Hall–Kier alpha value is -0.930. The lowest BCUT2D eigenvalue weighted by Crippen LogP contribution is -2.34. The maximum absolute atomic E-state index is 12.9. The second-order valence-corrected chi connectivity index (χ2v) is 5.45. The number of nitrogens with one attached hydrogen (secondary N) is 1. The van der Waals surface area contributed by atoms with Crippen LogP contribution >= 0.6 is 0 Å². The van der Waals surface area contributed by atoms with Gasteiger partial charge in [-0.25, -0.2) is 4.39 Å². The van der Waals surface area contributed by atoms with Crippen LogP contribution in [0.25, 0.3) is 0 Å². The van der Waals surface area contributed by atoms with Crippen molar-refractivity contribution in [2.45, 2.75) is 38.6 Å². The number of rotatable bonds is 7. The molecule has 106 valence electrons. The molecule has 1 heterocycles. The molecule has 0 aliphatic carbocycles. The Kier molecular flexibility index (Phi) is 5.80. The molecular weight excluding hydrogens is 241 g/mol. The lowest BCUT2D eigenvalue weighted by atomic mass is 9.94. The quantitative estimate of drug-likeness (QED) is 0.817. The summed E-state index contributed by atoms with van der Waals surface area (Å²) < 4.78 is 18.4. The van der Waals surface area contributed by atoms with Crippen molar-refractivity contribution in [2.75, 3.05) is 19.8 Å². The van der Waals surface area contributed by atoms with Gasteiger partial charge in [-0.2, -0.15) is 0 Å². The highest BCUT2D eigenvalue weighted by atomic mass is 19.1. The van der Waals surface area contributed by atoms with Crippen LogP contribution in [0.3, 0.4) is 0 Å². The Morgan fingerprint density at radius 1 is 1.37 bits per heavy atom. The third-order valence-electron chi connectivity index (χ3n) is 3.72. The van der Waals surface area contributed by atoms with Crippen molar-refractivity contribution in [1.29, 1.82) is 0 Å². The first-order chi connectivity index (χ1) is 9.28. The smallest absolute Gasteiger partial charge is 0.123 e. The molecule has 0 radical (unpaired) electrons. The van der Waals surface area contributed by atoms with Crippen LogP contribution in [0.4, 0.5) is 4.39 Å². The summed E-state index contributed by atoms with van der Waals surface area (Å²) in [5.74, 6) is 0.515. The van der Waals surface area contributed by atoms with Gasteiger partial charge in [0, 0.05) is 19.3 Å². The summed E-state index contributed by atoms with van der Waals surface area (Å²) in [7, 11) is 0. The van der Waals surface area contributed by atoms with Gasteiger partial charge >= 0.3 is 0 Å². The maximum atomic E-state index is 12.9. The fourth-order valence-corrected chi connectivity index (χ4v) is 2.66. The zero-order chi connectivity index (χ0) is 13.5. The molecule has 1 aliphatic rings. The summed E-state index contributed by atoms with van der Waals surface area (Å²) in [5.41, 5.74) is 1.20. The summed E-state index contributed by atoms with van der Waals surface area (Å²) in [4.78, 5) is 0. The van der Waals surface area contributed by atoms with Gasteiger partial charge in [-0.3, -0.25) is 0 Å². The minimum absolute atomic E-state index is 0.161. The highest BCUT2D eigenvalue weighted by Gasteiger charge is 2.20. The summed E-state index contributed by atoms with van der Waals surface area (Å²) >= 11 is 0. The van der Waals surface area contributed by atoms with E-state index >= 15 is 0 Å². The normalized spacial score (nSPS) is 20.6. The Morgan fingerprint density at radius 3 is 2.79 bits per heavy atom.